The number of methoxy groups -OCH3 is 2. The fourth-order valence-corrected chi connectivity index (χ4v) is 3.30. The molecule has 0 aliphatic carbocycles. The first-order valence-electron chi connectivity index (χ1n) is 9.47. The number of pyridine rings is 1. The Bertz CT molecular complexity index is 892. The van der Waals surface area contributed by atoms with Crippen molar-refractivity contribution in [1.82, 2.24) is 9.88 Å². The maximum Gasteiger partial charge on any atom is 0.161 e. The lowest BCUT2D eigenvalue weighted by atomic mass is 10.1. The molecule has 0 saturated carbocycles. The molecule has 4 heteroatoms. The molecule has 0 amide bonds. The first kappa shape index (κ1) is 19.9. The van der Waals surface area contributed by atoms with E-state index in [1.807, 2.05) is 18.5 Å². The van der Waals surface area contributed by atoms with Crippen molar-refractivity contribution in [1.29, 1.82) is 0 Å². The van der Waals surface area contributed by atoms with Gasteiger partial charge in [-0.05, 0) is 60.4 Å². The average Bonchev–Trinajstić information content (AvgIpc) is 2.71. The van der Waals surface area contributed by atoms with E-state index in [0.717, 1.165) is 31.1 Å². The number of nitrogens with zero attached hydrogens (tertiary/aromatic N) is 2. The second kappa shape index (κ2) is 9.38. The molecule has 4 nitrogen and oxygen atoms in total. The maximum atomic E-state index is 5.51. The second-order valence-electron chi connectivity index (χ2n) is 7.12. The molecule has 0 spiro atoms. The number of hydrogen-bond donors (Lipinski definition) is 0. The van der Waals surface area contributed by atoms with E-state index in [4.69, 9.17) is 9.47 Å². The van der Waals surface area contributed by atoms with Gasteiger partial charge in [0.15, 0.2) is 11.5 Å². The predicted molar refractivity (Wildman–Crippen MR) is 113 cm³/mol. The Balaban J connectivity index is 1.87. The zero-order valence-electron chi connectivity index (χ0n) is 17.1. The summed E-state index contributed by atoms with van der Waals surface area (Å²) in [6.07, 6.45) is 3.70. The van der Waals surface area contributed by atoms with Gasteiger partial charge >= 0.3 is 0 Å². The molecule has 3 aromatic rings. The molecule has 3 rings (SSSR count). The zero-order chi connectivity index (χ0) is 19.9. The van der Waals surface area contributed by atoms with Crippen LogP contribution < -0.4 is 9.47 Å². The van der Waals surface area contributed by atoms with Crippen molar-refractivity contribution in [3.63, 3.8) is 0 Å². The van der Waals surface area contributed by atoms with Crippen LogP contribution in [-0.2, 0) is 19.6 Å². The maximum absolute atomic E-state index is 5.51. The van der Waals surface area contributed by atoms with E-state index in [9.17, 15) is 0 Å². The molecule has 0 fully saturated rings. The van der Waals surface area contributed by atoms with Gasteiger partial charge in [0, 0.05) is 32.0 Å². The minimum absolute atomic E-state index is 0.766. The van der Waals surface area contributed by atoms with Gasteiger partial charge in [0.2, 0.25) is 0 Å². The van der Waals surface area contributed by atoms with E-state index in [1.54, 1.807) is 14.2 Å². The van der Waals surface area contributed by atoms with Crippen LogP contribution in [0.1, 0.15) is 27.8 Å². The molecule has 146 valence electrons. The lowest BCUT2D eigenvalue weighted by Gasteiger charge is -2.24. The van der Waals surface area contributed by atoms with Crippen LogP contribution in [0.5, 0.6) is 11.5 Å². The van der Waals surface area contributed by atoms with Crippen LogP contribution in [0, 0.1) is 13.8 Å². The molecule has 0 aliphatic heterocycles. The molecular formula is C24H28N2O2. The van der Waals surface area contributed by atoms with E-state index in [0.29, 0.717) is 0 Å². The van der Waals surface area contributed by atoms with Crippen LogP contribution in [0.4, 0.5) is 0 Å². The van der Waals surface area contributed by atoms with Crippen molar-refractivity contribution >= 4 is 0 Å². The Morgan fingerprint density at radius 2 is 1.32 bits per heavy atom. The van der Waals surface area contributed by atoms with E-state index in [-0.39, 0.29) is 0 Å². The molecule has 1 heterocycles. The number of benzene rings is 2. The summed E-state index contributed by atoms with van der Waals surface area (Å²) in [7, 11) is 3.35. The Morgan fingerprint density at radius 3 is 1.93 bits per heavy atom. The summed E-state index contributed by atoms with van der Waals surface area (Å²) in [4.78, 5) is 6.58. The number of hydrogen-bond acceptors (Lipinski definition) is 4. The Labute approximate surface area is 167 Å². The lowest BCUT2D eigenvalue weighted by Crippen LogP contribution is -2.23. The van der Waals surface area contributed by atoms with Gasteiger partial charge in [0.05, 0.1) is 14.2 Å². The largest absolute Gasteiger partial charge is 0.493 e. The van der Waals surface area contributed by atoms with Gasteiger partial charge in [0.1, 0.15) is 0 Å². The summed E-state index contributed by atoms with van der Waals surface area (Å²) >= 11 is 0. The lowest BCUT2D eigenvalue weighted by molar-refractivity contribution is 0.246. The summed E-state index contributed by atoms with van der Waals surface area (Å²) in [5, 5.41) is 0. The van der Waals surface area contributed by atoms with Gasteiger partial charge in [-0.2, -0.15) is 0 Å². The molecule has 0 atom stereocenters. The van der Waals surface area contributed by atoms with Crippen LogP contribution in [0.3, 0.4) is 0 Å². The molecular weight excluding hydrogens is 348 g/mol. The van der Waals surface area contributed by atoms with Crippen molar-refractivity contribution in [2.24, 2.45) is 0 Å². The van der Waals surface area contributed by atoms with Crippen LogP contribution in [0.25, 0.3) is 0 Å². The van der Waals surface area contributed by atoms with Crippen molar-refractivity contribution in [2.75, 3.05) is 14.2 Å². The fourth-order valence-electron chi connectivity index (χ4n) is 3.30. The normalized spacial score (nSPS) is 10.9. The quantitative estimate of drug-likeness (QED) is 0.559. The molecule has 28 heavy (non-hydrogen) atoms. The van der Waals surface area contributed by atoms with E-state index in [2.05, 4.69) is 66.2 Å². The predicted octanol–water partition coefficient (Wildman–Crippen LogP) is 4.92. The Morgan fingerprint density at radius 1 is 0.750 bits per heavy atom. The number of rotatable bonds is 8. The third-order valence-corrected chi connectivity index (χ3v) is 4.92. The monoisotopic (exact) mass is 376 g/mol. The van der Waals surface area contributed by atoms with Gasteiger partial charge in [-0.3, -0.25) is 9.88 Å². The van der Waals surface area contributed by atoms with Gasteiger partial charge in [0.25, 0.3) is 0 Å². The van der Waals surface area contributed by atoms with E-state index < -0.39 is 0 Å². The van der Waals surface area contributed by atoms with Crippen molar-refractivity contribution < 1.29 is 9.47 Å². The smallest absolute Gasteiger partial charge is 0.161 e. The molecule has 0 bridgehead atoms. The van der Waals surface area contributed by atoms with E-state index >= 15 is 0 Å². The minimum Gasteiger partial charge on any atom is -0.493 e. The van der Waals surface area contributed by atoms with E-state index in [1.165, 1.54) is 27.8 Å². The number of aromatic nitrogens is 1. The molecule has 0 N–H and O–H groups in total. The molecule has 0 saturated heterocycles. The van der Waals surface area contributed by atoms with Crippen LogP contribution >= 0.6 is 0 Å². The Kier molecular flexibility index (Phi) is 6.66. The summed E-state index contributed by atoms with van der Waals surface area (Å²) in [6.45, 7) is 6.78. The average molecular weight is 377 g/mol. The zero-order valence-corrected chi connectivity index (χ0v) is 17.1. The van der Waals surface area contributed by atoms with Crippen molar-refractivity contribution in [3.05, 3.63) is 88.7 Å². The van der Waals surface area contributed by atoms with Crippen LogP contribution in [0.15, 0.2) is 60.9 Å². The summed E-state index contributed by atoms with van der Waals surface area (Å²) in [5.41, 5.74) is 6.26. The first-order chi connectivity index (χ1) is 13.6. The first-order valence-corrected chi connectivity index (χ1v) is 9.47. The SMILES string of the molecule is COc1cc(C)c(CN(Cc2ccncc2)Cc2ccc(C)cc2)cc1OC. The molecule has 0 unspecified atom stereocenters. The van der Waals surface area contributed by atoms with Gasteiger partial charge in [-0.25, -0.2) is 0 Å². The van der Waals surface area contributed by atoms with Crippen molar-refractivity contribution in [3.8, 4) is 11.5 Å². The number of aryl methyl sites for hydroxylation is 2. The summed E-state index contributed by atoms with van der Waals surface area (Å²) in [5.74, 6) is 1.53. The van der Waals surface area contributed by atoms with Crippen LogP contribution in [-0.4, -0.2) is 24.1 Å². The fraction of sp³-hybridized carbons (Fsp3) is 0.292. The highest BCUT2D eigenvalue weighted by Gasteiger charge is 2.13. The molecule has 2 aromatic carbocycles. The molecule has 0 radical (unpaired) electrons. The molecule has 1 aromatic heterocycles. The highest BCUT2D eigenvalue weighted by Crippen LogP contribution is 2.31. The standard InChI is InChI=1S/C24H28N2O2/c1-18-5-7-20(8-6-18)15-26(16-21-9-11-25-12-10-21)17-22-14-24(28-4)23(27-3)13-19(22)2/h5-14H,15-17H2,1-4H3. The minimum atomic E-state index is 0.766. The van der Waals surface area contributed by atoms with Gasteiger partial charge in [-0.15, -0.1) is 0 Å². The highest BCUT2D eigenvalue weighted by molar-refractivity contribution is 5.47. The van der Waals surface area contributed by atoms with Gasteiger partial charge < -0.3 is 9.47 Å². The summed E-state index contributed by atoms with van der Waals surface area (Å²) in [6, 6.07) is 17.0. The van der Waals surface area contributed by atoms with Crippen LogP contribution in [0.2, 0.25) is 0 Å². The summed E-state index contributed by atoms with van der Waals surface area (Å²) < 4.78 is 10.9. The molecule has 0 aliphatic rings. The number of ether oxygens (including phenoxy) is 2. The third-order valence-electron chi connectivity index (χ3n) is 4.92. The third kappa shape index (κ3) is 5.11. The topological polar surface area (TPSA) is 34.6 Å². The van der Waals surface area contributed by atoms with Gasteiger partial charge in [-0.1, -0.05) is 29.8 Å². The highest BCUT2D eigenvalue weighted by atomic mass is 16.5. The second-order valence-corrected chi connectivity index (χ2v) is 7.12. The Hall–Kier alpha value is -2.85. The van der Waals surface area contributed by atoms with Crippen molar-refractivity contribution in [2.45, 2.75) is 33.5 Å².